The molecule has 0 saturated carbocycles. The fourth-order valence-electron chi connectivity index (χ4n) is 3.00. The summed E-state index contributed by atoms with van der Waals surface area (Å²) in [5.74, 6) is 1.33. The molecular weight excluding hydrogens is 440 g/mol. The average Bonchev–Trinajstić information content (AvgIpc) is 3.01. The van der Waals surface area contributed by atoms with Crippen molar-refractivity contribution in [1.29, 1.82) is 0 Å². The number of hydrogen-bond acceptors (Lipinski definition) is 3. The highest BCUT2D eigenvalue weighted by Crippen LogP contribution is 2.39. The van der Waals surface area contributed by atoms with E-state index in [9.17, 15) is 4.79 Å². The number of carbonyl (C=O) groups excluding carboxylic acids is 1. The van der Waals surface area contributed by atoms with Crippen LogP contribution < -0.4 is 9.47 Å². The van der Waals surface area contributed by atoms with Gasteiger partial charge in [-0.1, -0.05) is 57.9 Å². The smallest absolute Gasteiger partial charge is 0.231 e. The van der Waals surface area contributed by atoms with Crippen molar-refractivity contribution in [1.82, 2.24) is 0 Å². The molecule has 1 aliphatic heterocycles. The zero-order chi connectivity index (χ0) is 19.7. The molecule has 3 aromatic carbocycles. The summed E-state index contributed by atoms with van der Waals surface area (Å²) in [6.07, 6.45) is 1.67. The van der Waals surface area contributed by atoms with E-state index in [1.807, 2.05) is 55.5 Å². The monoisotopic (exact) mass is 454 g/mol. The summed E-state index contributed by atoms with van der Waals surface area (Å²) in [6.45, 7) is 2.32. The quantitative estimate of drug-likeness (QED) is 0.415. The number of carbonyl (C=O) groups is 1. The number of Topliss-reactive ketones (excluding diaryl/α,β-unsaturated/α-hetero) is 1. The van der Waals surface area contributed by atoms with Gasteiger partial charge in [0.2, 0.25) is 5.78 Å². The van der Waals surface area contributed by atoms with E-state index in [4.69, 9.17) is 21.1 Å². The molecule has 0 bridgehead atoms. The van der Waals surface area contributed by atoms with E-state index < -0.39 is 0 Å². The molecule has 3 nitrogen and oxygen atoms in total. The number of hydrogen-bond donors (Lipinski definition) is 0. The first-order chi connectivity index (χ1) is 13.5. The van der Waals surface area contributed by atoms with E-state index in [2.05, 4.69) is 15.9 Å². The van der Waals surface area contributed by atoms with E-state index in [0.717, 1.165) is 21.2 Å². The maximum atomic E-state index is 12.7. The molecule has 0 unspecified atom stereocenters. The first-order valence-electron chi connectivity index (χ1n) is 8.72. The molecular formula is C23H16BrClO3. The van der Waals surface area contributed by atoms with Crippen molar-refractivity contribution in [2.75, 3.05) is 0 Å². The van der Waals surface area contributed by atoms with Crippen molar-refractivity contribution in [3.63, 3.8) is 0 Å². The molecule has 0 N–H and O–H groups in total. The first kappa shape index (κ1) is 18.8. The Morgan fingerprint density at radius 3 is 2.57 bits per heavy atom. The average molecular weight is 456 g/mol. The number of halogens is 2. The molecule has 3 aromatic rings. The summed E-state index contributed by atoms with van der Waals surface area (Å²) in [7, 11) is 0. The molecule has 0 spiro atoms. The molecule has 0 aliphatic carbocycles. The summed E-state index contributed by atoms with van der Waals surface area (Å²) in [5, 5.41) is 0.567. The molecule has 4 rings (SSSR count). The highest BCUT2D eigenvalue weighted by atomic mass is 79.9. The number of ether oxygens (including phenoxy) is 2. The van der Waals surface area contributed by atoms with Crippen LogP contribution in [-0.4, -0.2) is 5.78 Å². The van der Waals surface area contributed by atoms with Gasteiger partial charge in [-0.05, 0) is 54.5 Å². The Labute approximate surface area is 176 Å². The molecule has 1 heterocycles. The summed E-state index contributed by atoms with van der Waals surface area (Å²) < 4.78 is 12.9. The van der Waals surface area contributed by atoms with Crippen LogP contribution in [0.3, 0.4) is 0 Å². The van der Waals surface area contributed by atoms with Crippen LogP contribution in [0.25, 0.3) is 6.08 Å². The topological polar surface area (TPSA) is 35.5 Å². The number of allylic oxidation sites excluding steroid dienone is 1. The second-order valence-electron chi connectivity index (χ2n) is 6.44. The molecule has 5 heteroatoms. The minimum Gasteiger partial charge on any atom is -0.488 e. The van der Waals surface area contributed by atoms with Crippen molar-refractivity contribution in [3.8, 4) is 11.5 Å². The highest BCUT2D eigenvalue weighted by Gasteiger charge is 2.30. The van der Waals surface area contributed by atoms with E-state index in [1.54, 1.807) is 18.2 Å². The van der Waals surface area contributed by atoms with Gasteiger partial charge in [-0.15, -0.1) is 0 Å². The molecule has 0 atom stereocenters. The SMILES string of the molecule is Cc1c(OCc2ccc(Br)cc2)ccc2c1O/C(=C\c1ccccc1Cl)C2=O. The van der Waals surface area contributed by atoms with Crippen molar-refractivity contribution < 1.29 is 14.3 Å². The van der Waals surface area contributed by atoms with Gasteiger partial charge in [0.15, 0.2) is 5.76 Å². The lowest BCUT2D eigenvalue weighted by Crippen LogP contribution is -1.98. The van der Waals surface area contributed by atoms with Gasteiger partial charge in [-0.2, -0.15) is 0 Å². The van der Waals surface area contributed by atoms with Gasteiger partial charge >= 0.3 is 0 Å². The van der Waals surface area contributed by atoms with Crippen LogP contribution in [0.5, 0.6) is 11.5 Å². The number of ketones is 1. The second-order valence-corrected chi connectivity index (χ2v) is 7.76. The van der Waals surface area contributed by atoms with Crippen molar-refractivity contribution in [2.45, 2.75) is 13.5 Å². The highest BCUT2D eigenvalue weighted by molar-refractivity contribution is 9.10. The van der Waals surface area contributed by atoms with Crippen molar-refractivity contribution in [2.24, 2.45) is 0 Å². The van der Waals surface area contributed by atoms with Crippen molar-refractivity contribution >= 4 is 39.4 Å². The predicted octanol–water partition coefficient (Wildman–Crippen LogP) is 6.61. The molecule has 140 valence electrons. The molecule has 0 saturated heterocycles. The van der Waals surface area contributed by atoms with Gasteiger partial charge < -0.3 is 9.47 Å². The van der Waals surface area contributed by atoms with Gasteiger partial charge in [-0.25, -0.2) is 0 Å². The maximum absolute atomic E-state index is 12.7. The number of rotatable bonds is 4. The predicted molar refractivity (Wildman–Crippen MR) is 114 cm³/mol. The van der Waals surface area contributed by atoms with Crippen LogP contribution in [0.2, 0.25) is 5.02 Å². The van der Waals surface area contributed by atoms with Crippen LogP contribution >= 0.6 is 27.5 Å². The van der Waals surface area contributed by atoms with E-state index in [0.29, 0.717) is 28.7 Å². The van der Waals surface area contributed by atoms with Crippen LogP contribution in [0.1, 0.15) is 27.0 Å². The summed E-state index contributed by atoms with van der Waals surface area (Å²) in [6, 6.07) is 18.8. The van der Waals surface area contributed by atoms with Gasteiger partial charge in [0, 0.05) is 15.1 Å². The zero-order valence-corrected chi connectivity index (χ0v) is 17.4. The fourth-order valence-corrected chi connectivity index (χ4v) is 3.45. The van der Waals surface area contributed by atoms with E-state index in [1.165, 1.54) is 0 Å². The van der Waals surface area contributed by atoms with Crippen LogP contribution in [0.4, 0.5) is 0 Å². The number of fused-ring (bicyclic) bond motifs is 1. The lowest BCUT2D eigenvalue weighted by atomic mass is 10.1. The lowest BCUT2D eigenvalue weighted by Gasteiger charge is -2.11. The van der Waals surface area contributed by atoms with Gasteiger partial charge in [0.25, 0.3) is 0 Å². The van der Waals surface area contributed by atoms with Crippen LogP contribution in [0.15, 0.2) is 70.9 Å². The summed E-state index contributed by atoms with van der Waals surface area (Å²) in [5.41, 5.74) is 3.13. The standard InChI is InChI=1S/C23H16BrClO3/c1-14-20(27-13-15-6-8-17(24)9-7-15)11-10-18-22(26)21(28-23(14)18)12-16-4-2-3-5-19(16)25/h2-12H,13H2,1H3/b21-12-. The fraction of sp³-hybridized carbons (Fsp3) is 0.0870. The largest absolute Gasteiger partial charge is 0.488 e. The Hall–Kier alpha value is -2.56. The Morgan fingerprint density at radius 2 is 1.82 bits per heavy atom. The third-order valence-corrected chi connectivity index (χ3v) is 5.41. The summed E-state index contributed by atoms with van der Waals surface area (Å²) >= 11 is 9.62. The van der Waals surface area contributed by atoms with Gasteiger partial charge in [0.05, 0.1) is 5.56 Å². The Morgan fingerprint density at radius 1 is 1.07 bits per heavy atom. The lowest BCUT2D eigenvalue weighted by molar-refractivity contribution is 0.101. The van der Waals surface area contributed by atoms with E-state index >= 15 is 0 Å². The molecule has 0 aromatic heterocycles. The molecule has 1 aliphatic rings. The molecule has 0 radical (unpaired) electrons. The van der Waals surface area contributed by atoms with Crippen LogP contribution in [-0.2, 0) is 6.61 Å². The minimum absolute atomic E-state index is 0.155. The normalized spacial score (nSPS) is 14.1. The summed E-state index contributed by atoms with van der Waals surface area (Å²) in [4.78, 5) is 12.7. The van der Waals surface area contributed by atoms with Crippen LogP contribution in [0, 0.1) is 6.92 Å². The Balaban J connectivity index is 1.58. The minimum atomic E-state index is -0.155. The maximum Gasteiger partial charge on any atom is 0.231 e. The Bertz CT molecular complexity index is 1090. The first-order valence-corrected chi connectivity index (χ1v) is 9.89. The van der Waals surface area contributed by atoms with Gasteiger partial charge in [-0.3, -0.25) is 4.79 Å². The zero-order valence-electron chi connectivity index (χ0n) is 15.0. The van der Waals surface area contributed by atoms with Crippen molar-refractivity contribution in [3.05, 3.63) is 98.2 Å². The number of benzene rings is 3. The Kier molecular flexibility index (Phi) is 5.25. The second kappa shape index (κ2) is 7.82. The molecule has 0 amide bonds. The third-order valence-electron chi connectivity index (χ3n) is 4.54. The third kappa shape index (κ3) is 3.71. The van der Waals surface area contributed by atoms with E-state index in [-0.39, 0.29) is 11.5 Å². The molecule has 28 heavy (non-hydrogen) atoms. The van der Waals surface area contributed by atoms with Gasteiger partial charge in [0.1, 0.15) is 18.1 Å². The molecule has 0 fully saturated rings.